The molecule has 1 heterocycles. The first kappa shape index (κ1) is 14.1. The van der Waals surface area contributed by atoms with Gasteiger partial charge >= 0.3 is 5.97 Å². The number of H-pyrrole nitrogens is 1. The molecule has 0 spiro atoms. The largest absolute Gasteiger partial charge is 0.478 e. The van der Waals surface area contributed by atoms with Crippen LogP contribution in [0.3, 0.4) is 0 Å². The number of hydrogen-bond donors (Lipinski definition) is 3. The number of halogens is 1. The molecule has 0 fully saturated rings. The Hall–Kier alpha value is -2.35. The number of carbonyl (C=O) groups is 1. The Morgan fingerprint density at radius 2 is 2.20 bits per heavy atom. The van der Waals surface area contributed by atoms with E-state index in [0.717, 1.165) is 23.9 Å². The van der Waals surface area contributed by atoms with Gasteiger partial charge < -0.3 is 15.8 Å². The van der Waals surface area contributed by atoms with Crippen molar-refractivity contribution in [1.29, 1.82) is 0 Å². The third-order valence-electron chi connectivity index (χ3n) is 2.40. The highest BCUT2D eigenvalue weighted by atomic mass is 32.2. The van der Waals surface area contributed by atoms with E-state index in [4.69, 9.17) is 10.8 Å². The lowest BCUT2D eigenvalue weighted by Crippen LogP contribution is -2.09. The predicted octanol–water partition coefficient (Wildman–Crippen LogP) is 1.48. The first-order chi connectivity index (χ1) is 9.45. The zero-order chi connectivity index (χ0) is 14.7. The van der Waals surface area contributed by atoms with Crippen molar-refractivity contribution in [2.75, 3.05) is 5.73 Å². The number of hydrogen-bond acceptors (Lipinski definition) is 5. The highest BCUT2D eigenvalue weighted by Crippen LogP contribution is 2.21. The molecule has 0 radical (unpaired) electrons. The van der Waals surface area contributed by atoms with E-state index >= 15 is 0 Å². The first-order valence-corrected chi connectivity index (χ1v) is 6.45. The van der Waals surface area contributed by atoms with Crippen LogP contribution in [0.25, 0.3) is 0 Å². The third kappa shape index (κ3) is 3.35. The summed E-state index contributed by atoms with van der Waals surface area (Å²) < 4.78 is 13.7. The van der Waals surface area contributed by atoms with Gasteiger partial charge in [-0.25, -0.2) is 14.2 Å². The van der Waals surface area contributed by atoms with Crippen LogP contribution in [0.4, 0.5) is 10.2 Å². The molecule has 0 bridgehead atoms. The molecule has 6 nitrogen and oxygen atoms in total. The molecule has 1 aromatic heterocycles. The minimum absolute atomic E-state index is 0.0814. The van der Waals surface area contributed by atoms with Crippen molar-refractivity contribution < 1.29 is 14.3 Å². The lowest BCUT2D eigenvalue weighted by molar-refractivity contribution is 0.0696. The van der Waals surface area contributed by atoms with Crippen LogP contribution in [-0.2, 0) is 5.75 Å². The molecule has 0 unspecified atom stereocenters. The number of rotatable bonds is 4. The van der Waals surface area contributed by atoms with Gasteiger partial charge in [-0.1, -0.05) is 17.8 Å². The number of carboxylic acid groups (broad SMARTS) is 1. The standard InChI is InChI=1S/C12H10FN3O3S/c13-8-3-6(11(18)19)1-2-7(8)5-20-12-15-9(14)4-10(17)16-12/h1-4H,5H2,(H,18,19)(H3,14,15,16,17). The van der Waals surface area contributed by atoms with E-state index in [9.17, 15) is 14.0 Å². The Morgan fingerprint density at radius 3 is 2.80 bits per heavy atom. The van der Waals surface area contributed by atoms with Gasteiger partial charge in [0.2, 0.25) is 0 Å². The minimum Gasteiger partial charge on any atom is -0.478 e. The Morgan fingerprint density at radius 1 is 1.45 bits per heavy atom. The number of aromatic amines is 1. The Labute approximate surface area is 116 Å². The molecule has 1 aromatic carbocycles. The van der Waals surface area contributed by atoms with E-state index in [1.807, 2.05) is 0 Å². The van der Waals surface area contributed by atoms with Crippen molar-refractivity contribution in [1.82, 2.24) is 9.97 Å². The number of carboxylic acids is 1. The Bertz CT molecular complexity index is 717. The van der Waals surface area contributed by atoms with Gasteiger partial charge in [-0.15, -0.1) is 0 Å². The number of nitrogens with one attached hydrogen (secondary N) is 1. The minimum atomic E-state index is -1.19. The van der Waals surface area contributed by atoms with Gasteiger partial charge in [0.25, 0.3) is 5.56 Å². The second-order valence-electron chi connectivity index (χ2n) is 3.88. The van der Waals surface area contributed by atoms with Crippen molar-refractivity contribution >= 4 is 23.5 Å². The number of nitrogens with two attached hydrogens (primary N) is 1. The number of anilines is 1. The number of aromatic carboxylic acids is 1. The molecule has 0 saturated heterocycles. The Balaban J connectivity index is 2.14. The van der Waals surface area contributed by atoms with Crippen molar-refractivity contribution in [2.24, 2.45) is 0 Å². The van der Waals surface area contributed by atoms with E-state index in [1.165, 1.54) is 12.1 Å². The van der Waals surface area contributed by atoms with E-state index in [2.05, 4.69) is 9.97 Å². The van der Waals surface area contributed by atoms with Crippen molar-refractivity contribution in [3.63, 3.8) is 0 Å². The molecule has 4 N–H and O–H groups in total. The summed E-state index contributed by atoms with van der Waals surface area (Å²) in [5.74, 6) is -1.54. The molecule has 0 aliphatic rings. The molecule has 0 aliphatic carbocycles. The van der Waals surface area contributed by atoms with Crippen LogP contribution in [0.15, 0.2) is 34.2 Å². The average molecular weight is 295 g/mol. The first-order valence-electron chi connectivity index (χ1n) is 5.47. The molecule has 2 rings (SSSR count). The van der Waals surface area contributed by atoms with Gasteiger partial charge in [0.05, 0.1) is 5.56 Å². The summed E-state index contributed by atoms with van der Waals surface area (Å²) in [5, 5.41) is 9.01. The number of benzene rings is 1. The summed E-state index contributed by atoms with van der Waals surface area (Å²) >= 11 is 1.10. The van der Waals surface area contributed by atoms with E-state index < -0.39 is 11.8 Å². The van der Waals surface area contributed by atoms with E-state index in [-0.39, 0.29) is 27.8 Å². The lowest BCUT2D eigenvalue weighted by Gasteiger charge is -2.04. The SMILES string of the molecule is Nc1cc(=O)[nH]c(SCc2ccc(C(=O)O)cc2F)n1. The third-order valence-corrected chi connectivity index (χ3v) is 3.33. The van der Waals surface area contributed by atoms with Crippen LogP contribution >= 0.6 is 11.8 Å². The van der Waals surface area contributed by atoms with Crippen LogP contribution in [-0.4, -0.2) is 21.0 Å². The molecule has 0 atom stereocenters. The lowest BCUT2D eigenvalue weighted by atomic mass is 10.1. The summed E-state index contributed by atoms with van der Waals surface area (Å²) in [5.41, 5.74) is 5.23. The number of thioether (sulfide) groups is 1. The molecule has 104 valence electrons. The summed E-state index contributed by atoms with van der Waals surface area (Å²) in [7, 11) is 0. The molecule has 0 amide bonds. The molecule has 0 aliphatic heterocycles. The second-order valence-corrected chi connectivity index (χ2v) is 4.84. The van der Waals surface area contributed by atoms with Gasteiger partial charge in [0.1, 0.15) is 11.6 Å². The number of nitrogen functional groups attached to an aromatic ring is 1. The van der Waals surface area contributed by atoms with Crippen molar-refractivity contribution in [2.45, 2.75) is 10.9 Å². The van der Waals surface area contributed by atoms with Gasteiger partial charge in [0.15, 0.2) is 5.16 Å². The van der Waals surface area contributed by atoms with Crippen LogP contribution in [0, 0.1) is 5.82 Å². The zero-order valence-electron chi connectivity index (χ0n) is 10.1. The number of nitrogens with zero attached hydrogens (tertiary/aromatic N) is 1. The topological polar surface area (TPSA) is 109 Å². The monoisotopic (exact) mass is 295 g/mol. The summed E-state index contributed by atoms with van der Waals surface area (Å²) in [6, 6.07) is 4.80. The fraction of sp³-hybridized carbons (Fsp3) is 0.0833. The normalized spacial score (nSPS) is 10.4. The van der Waals surface area contributed by atoms with Crippen LogP contribution in [0.1, 0.15) is 15.9 Å². The predicted molar refractivity (Wildman–Crippen MR) is 72.2 cm³/mol. The fourth-order valence-electron chi connectivity index (χ4n) is 1.47. The molecular weight excluding hydrogens is 285 g/mol. The highest BCUT2D eigenvalue weighted by molar-refractivity contribution is 7.98. The van der Waals surface area contributed by atoms with Crippen LogP contribution in [0.5, 0.6) is 0 Å². The van der Waals surface area contributed by atoms with E-state index in [0.29, 0.717) is 5.56 Å². The average Bonchev–Trinajstić information content (AvgIpc) is 2.36. The molecule has 0 saturated carbocycles. The van der Waals surface area contributed by atoms with Gasteiger partial charge in [-0.3, -0.25) is 4.79 Å². The Kier molecular flexibility index (Phi) is 4.04. The zero-order valence-corrected chi connectivity index (χ0v) is 10.9. The van der Waals surface area contributed by atoms with Crippen molar-refractivity contribution in [3.8, 4) is 0 Å². The van der Waals surface area contributed by atoms with Crippen LogP contribution < -0.4 is 11.3 Å². The van der Waals surface area contributed by atoms with Crippen molar-refractivity contribution in [3.05, 3.63) is 51.6 Å². The van der Waals surface area contributed by atoms with Gasteiger partial charge in [-0.2, -0.15) is 0 Å². The molecular formula is C12H10FN3O3S. The molecule has 8 heteroatoms. The maximum Gasteiger partial charge on any atom is 0.335 e. The van der Waals surface area contributed by atoms with E-state index in [1.54, 1.807) is 0 Å². The molecule has 20 heavy (non-hydrogen) atoms. The van der Waals surface area contributed by atoms with Gasteiger partial charge in [0, 0.05) is 11.8 Å². The quantitative estimate of drug-likeness (QED) is 0.582. The summed E-state index contributed by atoms with van der Waals surface area (Å²) in [4.78, 5) is 28.2. The van der Waals surface area contributed by atoms with Gasteiger partial charge in [-0.05, 0) is 17.7 Å². The molecule has 2 aromatic rings. The highest BCUT2D eigenvalue weighted by Gasteiger charge is 2.09. The summed E-state index contributed by atoms with van der Waals surface area (Å²) in [6.45, 7) is 0. The maximum absolute atomic E-state index is 13.7. The smallest absolute Gasteiger partial charge is 0.335 e. The van der Waals surface area contributed by atoms with Crippen LogP contribution in [0.2, 0.25) is 0 Å². The fourth-order valence-corrected chi connectivity index (χ4v) is 2.33. The maximum atomic E-state index is 13.7. The summed E-state index contributed by atoms with van der Waals surface area (Å²) in [6.07, 6.45) is 0. The second kappa shape index (κ2) is 5.74. The number of aromatic nitrogens is 2.